The van der Waals surface area contributed by atoms with Gasteiger partial charge in [0.1, 0.15) is 11.1 Å². The fourth-order valence-corrected chi connectivity index (χ4v) is 4.32. The van der Waals surface area contributed by atoms with Crippen LogP contribution in [0.4, 0.5) is 5.00 Å². The van der Waals surface area contributed by atoms with Crippen LogP contribution in [0, 0.1) is 11.3 Å². The molecule has 1 heterocycles. The molecule has 0 aliphatic heterocycles. The summed E-state index contributed by atoms with van der Waals surface area (Å²) >= 11 is 7.51. The van der Waals surface area contributed by atoms with Gasteiger partial charge in [0, 0.05) is 15.5 Å². The van der Waals surface area contributed by atoms with Crippen LogP contribution < -0.4 is 5.32 Å². The molecule has 1 aliphatic carbocycles. The lowest BCUT2D eigenvalue weighted by atomic mass is 10.1. The van der Waals surface area contributed by atoms with E-state index in [2.05, 4.69) is 16.5 Å². The predicted octanol–water partition coefficient (Wildman–Crippen LogP) is 4.53. The zero-order valence-electron chi connectivity index (χ0n) is 14.1. The molecule has 26 heavy (non-hydrogen) atoms. The number of nitrogens with zero attached hydrogens (tertiary/aromatic N) is 2. The summed E-state index contributed by atoms with van der Waals surface area (Å²) in [6.45, 7) is -0.228. The van der Waals surface area contributed by atoms with Crippen LogP contribution in [0.25, 0.3) is 0 Å². The largest absolute Gasteiger partial charge is 0.386 e. The lowest BCUT2D eigenvalue weighted by Gasteiger charge is -2.03. The molecule has 0 radical (unpaired) electrons. The number of nitriles is 1. The second-order valence-electron chi connectivity index (χ2n) is 5.96. The molecule has 0 spiro atoms. The Morgan fingerprint density at radius 2 is 2.15 bits per heavy atom. The van der Waals surface area contributed by atoms with Gasteiger partial charge in [-0.25, -0.2) is 0 Å². The Morgan fingerprint density at radius 1 is 1.35 bits per heavy atom. The summed E-state index contributed by atoms with van der Waals surface area (Å²) in [4.78, 5) is 18.4. The number of amides is 1. The summed E-state index contributed by atoms with van der Waals surface area (Å²) in [6, 6.07) is 9.45. The molecule has 134 valence electrons. The Balaban J connectivity index is 1.59. The molecule has 2 aromatic rings. The van der Waals surface area contributed by atoms with Crippen molar-refractivity contribution in [2.75, 3.05) is 11.9 Å². The molecule has 0 fully saturated rings. The van der Waals surface area contributed by atoms with Gasteiger partial charge in [-0.15, -0.1) is 11.3 Å². The van der Waals surface area contributed by atoms with Crippen LogP contribution in [-0.2, 0) is 22.5 Å². The third-order valence-electron chi connectivity index (χ3n) is 4.15. The van der Waals surface area contributed by atoms with E-state index in [1.165, 1.54) is 28.8 Å². The van der Waals surface area contributed by atoms with Crippen molar-refractivity contribution < 1.29 is 9.63 Å². The molecule has 0 saturated carbocycles. The van der Waals surface area contributed by atoms with Crippen LogP contribution in [0.15, 0.2) is 29.4 Å². The Labute approximate surface area is 161 Å². The number of benzene rings is 1. The van der Waals surface area contributed by atoms with Crippen molar-refractivity contribution >= 4 is 40.1 Å². The Kier molecular flexibility index (Phi) is 6.26. The monoisotopic (exact) mass is 387 g/mol. The van der Waals surface area contributed by atoms with E-state index >= 15 is 0 Å². The van der Waals surface area contributed by atoms with E-state index in [0.717, 1.165) is 31.2 Å². The lowest BCUT2D eigenvalue weighted by molar-refractivity contribution is -0.120. The van der Waals surface area contributed by atoms with Crippen molar-refractivity contribution in [1.29, 1.82) is 5.26 Å². The highest BCUT2D eigenvalue weighted by molar-refractivity contribution is 7.16. The van der Waals surface area contributed by atoms with Gasteiger partial charge < -0.3 is 10.2 Å². The first kappa shape index (κ1) is 18.4. The van der Waals surface area contributed by atoms with E-state index in [1.54, 1.807) is 12.1 Å². The van der Waals surface area contributed by atoms with Gasteiger partial charge in [-0.05, 0) is 37.3 Å². The number of thiophene rings is 1. The predicted molar refractivity (Wildman–Crippen MR) is 104 cm³/mol. The smallest absolute Gasteiger partial charge is 0.265 e. The highest BCUT2D eigenvalue weighted by Crippen LogP contribution is 2.36. The molecule has 5 nitrogen and oxygen atoms in total. The van der Waals surface area contributed by atoms with Crippen LogP contribution in [0.3, 0.4) is 0 Å². The highest BCUT2D eigenvalue weighted by atomic mass is 35.5. The van der Waals surface area contributed by atoms with Gasteiger partial charge in [0.25, 0.3) is 5.91 Å². The lowest BCUT2D eigenvalue weighted by Crippen LogP contribution is -2.17. The van der Waals surface area contributed by atoms with Gasteiger partial charge in [-0.1, -0.05) is 41.4 Å². The fourth-order valence-electron chi connectivity index (χ4n) is 2.88. The van der Waals surface area contributed by atoms with Crippen LogP contribution >= 0.6 is 22.9 Å². The van der Waals surface area contributed by atoms with E-state index in [-0.39, 0.29) is 12.5 Å². The van der Waals surface area contributed by atoms with Crippen molar-refractivity contribution in [3.63, 3.8) is 0 Å². The van der Waals surface area contributed by atoms with Gasteiger partial charge in [-0.3, -0.25) is 4.79 Å². The van der Waals surface area contributed by atoms with Gasteiger partial charge in [0.05, 0.1) is 11.8 Å². The number of aryl methyl sites for hydroxylation is 1. The molecule has 1 aromatic heterocycles. The summed E-state index contributed by atoms with van der Waals surface area (Å²) in [7, 11) is 0. The highest BCUT2D eigenvalue weighted by Gasteiger charge is 2.21. The standard InChI is InChI=1S/C19H18ClN3O2S/c20-16-8-5-4-6-13(16)11-22-25-12-18(24)23-19-15(10-21)14-7-2-1-3-9-17(14)26-19/h4-6,8,11H,1-3,7,9,12H2,(H,23,24). The Hall–Kier alpha value is -2.36. The van der Waals surface area contributed by atoms with Gasteiger partial charge in [0.2, 0.25) is 0 Å². The molecule has 3 rings (SSSR count). The molecule has 7 heteroatoms. The van der Waals surface area contributed by atoms with Crippen LogP contribution in [-0.4, -0.2) is 18.7 Å². The first-order valence-electron chi connectivity index (χ1n) is 8.43. The number of anilines is 1. The number of carbonyl (C=O) groups excluding carboxylic acids is 1. The van der Waals surface area contributed by atoms with Crippen LogP contribution in [0.2, 0.25) is 5.02 Å². The second-order valence-corrected chi connectivity index (χ2v) is 7.47. The van der Waals surface area contributed by atoms with E-state index in [1.807, 2.05) is 12.1 Å². The normalized spacial score (nSPS) is 13.7. The Bertz CT molecular complexity index is 870. The number of fused-ring (bicyclic) bond motifs is 1. The van der Waals surface area contributed by atoms with E-state index in [0.29, 0.717) is 21.2 Å². The van der Waals surface area contributed by atoms with Crippen molar-refractivity contribution in [1.82, 2.24) is 0 Å². The number of carbonyl (C=O) groups is 1. The summed E-state index contributed by atoms with van der Waals surface area (Å²) < 4.78 is 0. The van der Waals surface area contributed by atoms with Crippen LogP contribution in [0.5, 0.6) is 0 Å². The summed E-state index contributed by atoms with van der Waals surface area (Å²) in [5.41, 5.74) is 2.41. The van der Waals surface area contributed by atoms with Crippen LogP contribution in [0.1, 0.15) is 40.8 Å². The zero-order valence-corrected chi connectivity index (χ0v) is 15.7. The number of oxime groups is 1. The molecule has 0 atom stereocenters. The average Bonchev–Trinajstić information content (AvgIpc) is 2.79. The molecule has 0 saturated heterocycles. The quantitative estimate of drug-likeness (QED) is 0.465. The van der Waals surface area contributed by atoms with E-state index < -0.39 is 0 Å². The number of hydrogen-bond donors (Lipinski definition) is 1. The number of nitrogens with one attached hydrogen (secondary N) is 1. The van der Waals surface area contributed by atoms with E-state index in [4.69, 9.17) is 16.4 Å². The number of halogens is 1. The van der Waals surface area contributed by atoms with Crippen molar-refractivity contribution in [3.05, 3.63) is 50.9 Å². The molecule has 1 N–H and O–H groups in total. The molecular weight excluding hydrogens is 370 g/mol. The third kappa shape index (κ3) is 4.43. The molecular formula is C19H18ClN3O2S. The summed E-state index contributed by atoms with van der Waals surface area (Å²) in [5.74, 6) is -0.339. The topological polar surface area (TPSA) is 74.5 Å². The van der Waals surface area contributed by atoms with Crippen molar-refractivity contribution in [3.8, 4) is 6.07 Å². The molecule has 1 aliphatic rings. The minimum Gasteiger partial charge on any atom is -0.386 e. The molecule has 0 bridgehead atoms. The number of rotatable bonds is 5. The van der Waals surface area contributed by atoms with Gasteiger partial charge in [-0.2, -0.15) is 5.26 Å². The maximum Gasteiger partial charge on any atom is 0.265 e. The fraction of sp³-hybridized carbons (Fsp3) is 0.316. The molecule has 1 aromatic carbocycles. The average molecular weight is 388 g/mol. The number of hydrogen-bond acceptors (Lipinski definition) is 5. The van der Waals surface area contributed by atoms with Gasteiger partial charge in [0.15, 0.2) is 6.61 Å². The van der Waals surface area contributed by atoms with Crippen molar-refractivity contribution in [2.24, 2.45) is 5.16 Å². The molecule has 1 amide bonds. The van der Waals surface area contributed by atoms with Gasteiger partial charge >= 0.3 is 0 Å². The summed E-state index contributed by atoms with van der Waals surface area (Å²) in [6.07, 6.45) is 6.75. The minimum absolute atomic E-state index is 0.228. The third-order valence-corrected chi connectivity index (χ3v) is 5.70. The maximum atomic E-state index is 12.1. The second kappa shape index (κ2) is 8.84. The first-order chi connectivity index (χ1) is 12.7. The van der Waals surface area contributed by atoms with E-state index in [9.17, 15) is 10.1 Å². The zero-order chi connectivity index (χ0) is 18.4. The first-order valence-corrected chi connectivity index (χ1v) is 9.63. The van der Waals surface area contributed by atoms with Crippen molar-refractivity contribution in [2.45, 2.75) is 32.1 Å². The molecule has 0 unspecified atom stereocenters. The minimum atomic E-state index is -0.339. The Morgan fingerprint density at radius 3 is 2.96 bits per heavy atom. The maximum absolute atomic E-state index is 12.1. The summed E-state index contributed by atoms with van der Waals surface area (Å²) in [5, 5.41) is 17.2. The SMILES string of the molecule is N#Cc1c(NC(=O)CON=Cc2ccccc2Cl)sc2c1CCCCC2.